The molecule has 20 heavy (non-hydrogen) atoms. The van der Waals surface area contributed by atoms with Crippen molar-refractivity contribution >= 4 is 34.2 Å². The van der Waals surface area contributed by atoms with E-state index in [1.807, 2.05) is 0 Å². The summed E-state index contributed by atoms with van der Waals surface area (Å²) < 4.78 is 6.07. The first-order valence-electron chi connectivity index (χ1n) is 6.49. The summed E-state index contributed by atoms with van der Waals surface area (Å²) in [5, 5.41) is 0.520. The molecule has 0 radical (unpaired) electrons. The van der Waals surface area contributed by atoms with Crippen molar-refractivity contribution in [3.63, 3.8) is 0 Å². The van der Waals surface area contributed by atoms with Crippen LogP contribution in [0.15, 0.2) is 24.3 Å². The van der Waals surface area contributed by atoms with Crippen LogP contribution in [-0.2, 0) is 17.8 Å². The van der Waals surface area contributed by atoms with Crippen LogP contribution in [0.5, 0.6) is 0 Å². The lowest BCUT2D eigenvalue weighted by Crippen LogP contribution is -2.08. The van der Waals surface area contributed by atoms with E-state index in [2.05, 4.69) is 56.8 Å². The zero-order chi connectivity index (χ0) is 14.1. The molecule has 1 aliphatic rings. The molecule has 104 valence electrons. The molecule has 0 spiro atoms. The van der Waals surface area contributed by atoms with Crippen LogP contribution in [0, 0.1) is 3.57 Å². The van der Waals surface area contributed by atoms with Crippen molar-refractivity contribution in [1.29, 1.82) is 0 Å². The summed E-state index contributed by atoms with van der Waals surface area (Å²) in [7, 11) is 1.66. The molecular formula is C15H14ClIN2O. The van der Waals surface area contributed by atoms with Crippen LogP contribution >= 0.6 is 34.2 Å². The number of hydrogen-bond donors (Lipinski definition) is 0. The van der Waals surface area contributed by atoms with Crippen molar-refractivity contribution in [3.05, 3.63) is 55.6 Å². The highest BCUT2D eigenvalue weighted by atomic mass is 127. The summed E-state index contributed by atoms with van der Waals surface area (Å²) in [6.07, 6.45) is 2.12. The average molecular weight is 401 g/mol. The lowest BCUT2D eigenvalue weighted by atomic mass is 10.0. The third kappa shape index (κ3) is 2.56. The number of halogens is 2. The van der Waals surface area contributed by atoms with E-state index in [9.17, 15) is 0 Å². The van der Waals surface area contributed by atoms with E-state index < -0.39 is 0 Å². The van der Waals surface area contributed by atoms with E-state index in [0.29, 0.717) is 11.8 Å². The second-order valence-electron chi connectivity index (χ2n) is 4.86. The Labute approximate surface area is 136 Å². The van der Waals surface area contributed by atoms with E-state index in [0.717, 1.165) is 27.9 Å². The van der Waals surface area contributed by atoms with E-state index in [4.69, 9.17) is 16.3 Å². The minimum atomic E-state index is 0.247. The summed E-state index contributed by atoms with van der Waals surface area (Å²) in [5.74, 6) is 1.06. The maximum Gasteiger partial charge on any atom is 0.146 e. The van der Waals surface area contributed by atoms with Gasteiger partial charge in [-0.15, -0.1) is 0 Å². The highest BCUT2D eigenvalue weighted by Crippen LogP contribution is 2.37. The molecule has 0 saturated heterocycles. The fourth-order valence-electron chi connectivity index (χ4n) is 2.69. The topological polar surface area (TPSA) is 35.0 Å². The quantitative estimate of drug-likeness (QED) is 0.578. The zero-order valence-corrected chi connectivity index (χ0v) is 14.0. The third-order valence-electron chi connectivity index (χ3n) is 3.62. The van der Waals surface area contributed by atoms with Crippen molar-refractivity contribution in [2.45, 2.75) is 25.4 Å². The average Bonchev–Trinajstić information content (AvgIpc) is 2.88. The molecule has 0 bridgehead atoms. The number of rotatable bonds is 3. The van der Waals surface area contributed by atoms with Crippen LogP contribution < -0.4 is 0 Å². The molecule has 0 fully saturated rings. The van der Waals surface area contributed by atoms with Crippen LogP contribution in [0.2, 0.25) is 5.15 Å². The summed E-state index contributed by atoms with van der Waals surface area (Å²) >= 11 is 8.42. The Morgan fingerprint density at radius 2 is 2.15 bits per heavy atom. The molecule has 1 aromatic carbocycles. The lowest BCUT2D eigenvalue weighted by Gasteiger charge is -2.13. The smallest absolute Gasteiger partial charge is 0.146 e. The Morgan fingerprint density at radius 1 is 1.35 bits per heavy atom. The molecule has 1 aliphatic carbocycles. The van der Waals surface area contributed by atoms with Gasteiger partial charge in [-0.3, -0.25) is 0 Å². The molecule has 1 aromatic heterocycles. The first-order valence-corrected chi connectivity index (χ1v) is 7.95. The minimum Gasteiger partial charge on any atom is -0.378 e. The number of aryl methyl sites for hydroxylation is 1. The van der Waals surface area contributed by atoms with Gasteiger partial charge in [-0.1, -0.05) is 35.9 Å². The first kappa shape index (κ1) is 14.2. The van der Waals surface area contributed by atoms with Gasteiger partial charge >= 0.3 is 0 Å². The Bertz CT molecular complexity index is 648. The van der Waals surface area contributed by atoms with Crippen molar-refractivity contribution in [2.75, 3.05) is 7.11 Å². The number of nitrogens with zero attached hydrogens (tertiary/aromatic N) is 2. The van der Waals surface area contributed by atoms with E-state index in [-0.39, 0.29) is 5.92 Å². The van der Waals surface area contributed by atoms with Crippen LogP contribution in [0.3, 0.4) is 0 Å². The zero-order valence-electron chi connectivity index (χ0n) is 11.1. The maximum atomic E-state index is 6.25. The molecular weight excluding hydrogens is 387 g/mol. The second kappa shape index (κ2) is 5.95. The predicted octanol–water partition coefficient (Wildman–Crippen LogP) is 3.96. The Hall–Kier alpha value is -0.720. The van der Waals surface area contributed by atoms with Crippen molar-refractivity contribution in [2.24, 2.45) is 0 Å². The fourth-order valence-corrected chi connectivity index (χ4v) is 3.29. The van der Waals surface area contributed by atoms with Crippen LogP contribution in [0.1, 0.15) is 35.0 Å². The van der Waals surface area contributed by atoms with Gasteiger partial charge in [0, 0.05) is 13.0 Å². The van der Waals surface area contributed by atoms with Gasteiger partial charge < -0.3 is 4.74 Å². The molecule has 1 heterocycles. The summed E-state index contributed by atoms with van der Waals surface area (Å²) in [5.41, 5.74) is 3.59. The van der Waals surface area contributed by atoms with Gasteiger partial charge in [0.2, 0.25) is 0 Å². The number of ether oxygens (including phenoxy) is 1. The number of fused-ring (bicyclic) bond motifs is 1. The molecule has 2 aromatic rings. The number of methoxy groups -OCH3 is 1. The first-order chi connectivity index (χ1) is 9.70. The van der Waals surface area contributed by atoms with Crippen molar-refractivity contribution in [1.82, 2.24) is 9.97 Å². The number of aromatic nitrogens is 2. The molecule has 0 amide bonds. The largest absolute Gasteiger partial charge is 0.378 e. The standard InChI is InChI=1S/C15H14ClIN2O/c1-20-8-12-13(17)14(16)19-15(18-12)11-7-6-9-4-2-3-5-10(9)11/h2-5,11H,6-8H2,1H3. The fraction of sp³-hybridized carbons (Fsp3) is 0.333. The van der Waals surface area contributed by atoms with Gasteiger partial charge in [-0.2, -0.15) is 0 Å². The highest BCUT2D eigenvalue weighted by Gasteiger charge is 2.27. The molecule has 0 aliphatic heterocycles. The monoisotopic (exact) mass is 400 g/mol. The van der Waals surface area contributed by atoms with Crippen LogP contribution in [0.25, 0.3) is 0 Å². The van der Waals surface area contributed by atoms with Gasteiger partial charge in [0.15, 0.2) is 0 Å². The van der Waals surface area contributed by atoms with Gasteiger partial charge in [0.1, 0.15) is 11.0 Å². The molecule has 3 rings (SSSR count). The van der Waals surface area contributed by atoms with Crippen LogP contribution in [0.4, 0.5) is 0 Å². The summed E-state index contributed by atoms with van der Waals surface area (Å²) in [4.78, 5) is 9.16. The molecule has 1 unspecified atom stereocenters. The van der Waals surface area contributed by atoms with Gasteiger partial charge in [-0.25, -0.2) is 9.97 Å². The minimum absolute atomic E-state index is 0.247. The highest BCUT2D eigenvalue weighted by molar-refractivity contribution is 14.1. The third-order valence-corrected chi connectivity index (χ3v) is 5.35. The molecule has 5 heteroatoms. The molecule has 1 atom stereocenters. The normalized spacial score (nSPS) is 17.2. The second-order valence-corrected chi connectivity index (χ2v) is 6.29. The van der Waals surface area contributed by atoms with E-state index in [1.165, 1.54) is 11.1 Å². The summed E-state index contributed by atoms with van der Waals surface area (Å²) in [6.45, 7) is 0.460. The van der Waals surface area contributed by atoms with E-state index >= 15 is 0 Å². The molecule has 0 saturated carbocycles. The van der Waals surface area contributed by atoms with Crippen molar-refractivity contribution < 1.29 is 4.74 Å². The molecule has 3 nitrogen and oxygen atoms in total. The van der Waals surface area contributed by atoms with Gasteiger partial charge in [0.05, 0.1) is 15.9 Å². The summed E-state index contributed by atoms with van der Waals surface area (Å²) in [6, 6.07) is 8.50. The number of hydrogen-bond acceptors (Lipinski definition) is 3. The maximum absolute atomic E-state index is 6.25. The lowest BCUT2D eigenvalue weighted by molar-refractivity contribution is 0.180. The Morgan fingerprint density at radius 3 is 2.95 bits per heavy atom. The SMILES string of the molecule is COCc1nc(C2CCc3ccccc32)nc(Cl)c1I. The van der Waals surface area contributed by atoms with E-state index in [1.54, 1.807) is 7.11 Å². The van der Waals surface area contributed by atoms with Crippen LogP contribution in [-0.4, -0.2) is 17.1 Å². The predicted molar refractivity (Wildman–Crippen MR) is 87.1 cm³/mol. The molecule has 0 N–H and O–H groups in total. The van der Waals surface area contributed by atoms with Crippen molar-refractivity contribution in [3.8, 4) is 0 Å². The van der Waals surface area contributed by atoms with Gasteiger partial charge in [0.25, 0.3) is 0 Å². The van der Waals surface area contributed by atoms with Gasteiger partial charge in [-0.05, 0) is 46.6 Å². The Kier molecular flexibility index (Phi) is 4.23. The number of benzene rings is 1. The Balaban J connectivity index is 2.03.